The number of hydrogen-bond donors (Lipinski definition) is 2. The topological polar surface area (TPSA) is 72.9 Å². The number of aromatic nitrogens is 2. The number of carbonyl (C=O) groups excluding carboxylic acids is 1. The van der Waals surface area contributed by atoms with E-state index in [1.807, 2.05) is 19.9 Å². The molecule has 1 fully saturated rings. The second-order valence-corrected chi connectivity index (χ2v) is 6.68. The largest absolute Gasteiger partial charge is 0.324 e. The summed E-state index contributed by atoms with van der Waals surface area (Å²) in [5.74, 6) is -0.672. The van der Waals surface area contributed by atoms with Gasteiger partial charge in [-0.15, -0.1) is 12.4 Å². The Kier molecular flexibility index (Phi) is 5.85. The molecule has 3 N–H and O–H groups in total. The van der Waals surface area contributed by atoms with E-state index in [2.05, 4.69) is 10.4 Å². The van der Waals surface area contributed by atoms with Crippen molar-refractivity contribution in [2.24, 2.45) is 5.73 Å². The standard InChI is InChI=1S/C18H23FN4O.ClH/c1-12-10-13(2)23(22-12)16-7-6-14(11-15(16)19)21-17(24)18(20)8-4-3-5-9-18;/h6-7,10-11H,3-5,8-9,20H2,1-2H3,(H,21,24);1H. The molecule has 7 heteroatoms. The molecule has 1 aliphatic carbocycles. The van der Waals surface area contributed by atoms with Gasteiger partial charge in [-0.2, -0.15) is 5.10 Å². The van der Waals surface area contributed by atoms with E-state index in [9.17, 15) is 9.18 Å². The zero-order valence-electron chi connectivity index (χ0n) is 14.5. The minimum absolute atomic E-state index is 0. The lowest BCUT2D eigenvalue weighted by atomic mass is 9.82. The number of rotatable bonds is 3. The van der Waals surface area contributed by atoms with E-state index in [1.165, 1.54) is 6.07 Å². The Morgan fingerprint density at radius 1 is 1.24 bits per heavy atom. The maximum atomic E-state index is 14.5. The third-order valence-corrected chi connectivity index (χ3v) is 4.64. The predicted octanol–water partition coefficient (Wildman–Crippen LogP) is 3.65. The SMILES string of the molecule is Cc1cc(C)n(-c2ccc(NC(=O)C3(N)CCCCC3)cc2F)n1.Cl. The molecule has 0 aliphatic heterocycles. The number of nitrogens with one attached hydrogen (secondary N) is 1. The Hall–Kier alpha value is -1.92. The molecule has 0 bridgehead atoms. The van der Waals surface area contributed by atoms with E-state index in [1.54, 1.807) is 16.8 Å². The summed E-state index contributed by atoms with van der Waals surface area (Å²) in [6, 6.07) is 6.50. The van der Waals surface area contributed by atoms with Crippen LogP contribution >= 0.6 is 12.4 Å². The van der Waals surface area contributed by atoms with Crippen LogP contribution in [-0.2, 0) is 4.79 Å². The van der Waals surface area contributed by atoms with E-state index in [-0.39, 0.29) is 18.3 Å². The van der Waals surface area contributed by atoms with Gasteiger partial charge in [0.05, 0.1) is 11.2 Å². The fourth-order valence-corrected chi connectivity index (χ4v) is 3.29. The number of hydrogen-bond acceptors (Lipinski definition) is 3. The van der Waals surface area contributed by atoms with Crippen molar-refractivity contribution in [1.29, 1.82) is 0 Å². The highest BCUT2D eigenvalue weighted by Crippen LogP contribution is 2.28. The van der Waals surface area contributed by atoms with Gasteiger partial charge in [0.1, 0.15) is 5.69 Å². The molecule has 5 nitrogen and oxygen atoms in total. The number of halogens is 2. The van der Waals surface area contributed by atoms with Crippen molar-refractivity contribution >= 4 is 24.0 Å². The summed E-state index contributed by atoms with van der Waals surface area (Å²) in [7, 11) is 0. The van der Waals surface area contributed by atoms with Crippen molar-refractivity contribution in [3.05, 3.63) is 41.5 Å². The Labute approximate surface area is 153 Å². The van der Waals surface area contributed by atoms with E-state index in [4.69, 9.17) is 5.73 Å². The van der Waals surface area contributed by atoms with Gasteiger partial charge in [0.25, 0.3) is 0 Å². The number of carbonyl (C=O) groups is 1. The normalized spacial score (nSPS) is 16.2. The molecule has 0 radical (unpaired) electrons. The van der Waals surface area contributed by atoms with Gasteiger partial charge in [-0.05, 0) is 51.0 Å². The van der Waals surface area contributed by atoms with Gasteiger partial charge in [-0.3, -0.25) is 4.79 Å². The average Bonchev–Trinajstić information content (AvgIpc) is 2.86. The van der Waals surface area contributed by atoms with Crippen LogP contribution < -0.4 is 11.1 Å². The molecule has 1 amide bonds. The van der Waals surface area contributed by atoms with Crippen molar-refractivity contribution < 1.29 is 9.18 Å². The number of anilines is 1. The van der Waals surface area contributed by atoms with Gasteiger partial charge in [0, 0.05) is 11.4 Å². The molecule has 0 saturated heterocycles. The summed E-state index contributed by atoms with van der Waals surface area (Å²) in [5.41, 5.74) is 7.82. The maximum Gasteiger partial charge on any atom is 0.244 e. The second kappa shape index (κ2) is 7.54. The summed E-state index contributed by atoms with van der Waals surface area (Å²) < 4.78 is 16.0. The van der Waals surface area contributed by atoms with Crippen molar-refractivity contribution in [3.8, 4) is 5.69 Å². The predicted molar refractivity (Wildman–Crippen MR) is 98.9 cm³/mol. The van der Waals surface area contributed by atoms with Crippen LogP contribution in [-0.4, -0.2) is 21.2 Å². The molecular weight excluding hydrogens is 343 g/mol. The van der Waals surface area contributed by atoms with Crippen molar-refractivity contribution in [2.75, 3.05) is 5.32 Å². The smallest absolute Gasteiger partial charge is 0.244 e. The molecule has 1 aliphatic rings. The first-order valence-electron chi connectivity index (χ1n) is 8.33. The summed E-state index contributed by atoms with van der Waals surface area (Å²) in [6.07, 6.45) is 4.36. The number of amides is 1. The lowest BCUT2D eigenvalue weighted by Gasteiger charge is -2.31. The molecule has 1 aromatic carbocycles. The van der Waals surface area contributed by atoms with E-state index < -0.39 is 11.4 Å². The number of nitrogens with zero attached hydrogens (tertiary/aromatic N) is 2. The third-order valence-electron chi connectivity index (χ3n) is 4.64. The lowest BCUT2D eigenvalue weighted by molar-refractivity contribution is -0.122. The van der Waals surface area contributed by atoms with Crippen molar-refractivity contribution in [1.82, 2.24) is 9.78 Å². The van der Waals surface area contributed by atoms with Crippen LogP contribution in [0.4, 0.5) is 10.1 Å². The van der Waals surface area contributed by atoms with Crippen LogP contribution in [0.1, 0.15) is 43.5 Å². The zero-order chi connectivity index (χ0) is 17.3. The molecule has 0 unspecified atom stereocenters. The molecule has 25 heavy (non-hydrogen) atoms. The Morgan fingerprint density at radius 2 is 1.92 bits per heavy atom. The molecular formula is C18H24ClFN4O. The highest BCUT2D eigenvalue weighted by Gasteiger charge is 2.35. The molecule has 3 rings (SSSR count). The Bertz CT molecular complexity index is 768. The monoisotopic (exact) mass is 366 g/mol. The van der Waals surface area contributed by atoms with E-state index in [0.717, 1.165) is 30.7 Å². The number of aryl methyl sites for hydroxylation is 2. The van der Waals surface area contributed by atoms with Crippen LogP contribution in [0.3, 0.4) is 0 Å². The van der Waals surface area contributed by atoms with Gasteiger partial charge in [0.2, 0.25) is 5.91 Å². The minimum Gasteiger partial charge on any atom is -0.324 e. The van der Waals surface area contributed by atoms with Crippen LogP contribution in [0.5, 0.6) is 0 Å². The van der Waals surface area contributed by atoms with Gasteiger partial charge >= 0.3 is 0 Å². The molecule has 1 aromatic heterocycles. The fraction of sp³-hybridized carbons (Fsp3) is 0.444. The minimum atomic E-state index is -0.844. The molecule has 0 spiro atoms. The van der Waals surface area contributed by atoms with Crippen molar-refractivity contribution in [3.63, 3.8) is 0 Å². The van der Waals surface area contributed by atoms with Crippen LogP contribution in [0, 0.1) is 19.7 Å². The second-order valence-electron chi connectivity index (χ2n) is 6.68. The summed E-state index contributed by atoms with van der Waals surface area (Å²) >= 11 is 0. The van der Waals surface area contributed by atoms with E-state index in [0.29, 0.717) is 24.2 Å². The summed E-state index contributed by atoms with van der Waals surface area (Å²) in [4.78, 5) is 12.4. The van der Waals surface area contributed by atoms with Gasteiger partial charge < -0.3 is 11.1 Å². The molecule has 0 atom stereocenters. The number of nitrogens with two attached hydrogens (primary N) is 1. The van der Waals surface area contributed by atoms with Gasteiger partial charge in [0.15, 0.2) is 5.82 Å². The molecule has 136 valence electrons. The maximum absolute atomic E-state index is 14.5. The zero-order valence-corrected chi connectivity index (χ0v) is 15.3. The van der Waals surface area contributed by atoms with E-state index >= 15 is 0 Å². The van der Waals surface area contributed by atoms with Crippen LogP contribution in [0.15, 0.2) is 24.3 Å². The van der Waals surface area contributed by atoms with Gasteiger partial charge in [-0.1, -0.05) is 19.3 Å². The quantitative estimate of drug-likeness (QED) is 0.870. The number of benzene rings is 1. The highest BCUT2D eigenvalue weighted by atomic mass is 35.5. The lowest BCUT2D eigenvalue weighted by Crippen LogP contribution is -2.52. The molecule has 1 saturated carbocycles. The highest BCUT2D eigenvalue weighted by molar-refractivity contribution is 5.98. The third kappa shape index (κ3) is 4.02. The first-order chi connectivity index (χ1) is 11.4. The summed E-state index contributed by atoms with van der Waals surface area (Å²) in [5, 5.41) is 7.04. The summed E-state index contributed by atoms with van der Waals surface area (Å²) in [6.45, 7) is 3.73. The average molecular weight is 367 g/mol. The van der Waals surface area contributed by atoms with Crippen LogP contribution in [0.2, 0.25) is 0 Å². The van der Waals surface area contributed by atoms with Crippen molar-refractivity contribution in [2.45, 2.75) is 51.5 Å². The first-order valence-corrected chi connectivity index (χ1v) is 8.33. The molecule has 2 aromatic rings. The fourth-order valence-electron chi connectivity index (χ4n) is 3.29. The van der Waals surface area contributed by atoms with Crippen LogP contribution in [0.25, 0.3) is 5.69 Å². The first kappa shape index (κ1) is 19.4. The Morgan fingerprint density at radius 3 is 2.48 bits per heavy atom. The molecule has 1 heterocycles. The Balaban J connectivity index is 0.00000225. The van der Waals surface area contributed by atoms with Gasteiger partial charge in [-0.25, -0.2) is 9.07 Å².